The Hall–Kier alpha value is -3.69. The highest BCUT2D eigenvalue weighted by molar-refractivity contribution is 7.89. The van der Waals surface area contributed by atoms with E-state index in [1.54, 1.807) is 24.3 Å². The third-order valence-electron chi connectivity index (χ3n) is 5.37. The number of Topliss-reactive ketones (excluding diaryl/α,β-unsaturated/α-hetero) is 2. The predicted molar refractivity (Wildman–Crippen MR) is 115 cm³/mol. The molecule has 0 fully saturated rings. The quantitative estimate of drug-likeness (QED) is 0.567. The van der Waals surface area contributed by atoms with Gasteiger partial charge in [-0.05, 0) is 25.1 Å². The number of carbonyl (C=O) groups excluding carboxylic acids is 3. The molecule has 0 aliphatic heterocycles. The molecule has 0 radical (unpaired) electrons. The predicted octanol–water partition coefficient (Wildman–Crippen LogP) is 1.35. The number of sulfonamides is 1. The van der Waals surface area contributed by atoms with Crippen LogP contribution in [0, 0.1) is 6.92 Å². The SMILES string of the molecule is Cc1ccc(S(=O)(=O)NC2C(=O)c3ccccc3C(=O)C2[n+]2cccc(C(N)=O)c2)cc1. The van der Waals surface area contributed by atoms with Crippen LogP contribution in [-0.4, -0.2) is 31.9 Å². The molecule has 0 bridgehead atoms. The van der Waals surface area contributed by atoms with Crippen molar-refractivity contribution in [2.45, 2.75) is 23.9 Å². The molecule has 162 valence electrons. The van der Waals surface area contributed by atoms with E-state index < -0.39 is 39.6 Å². The maximum atomic E-state index is 13.4. The van der Waals surface area contributed by atoms with Crippen LogP contribution in [0.2, 0.25) is 0 Å². The Kier molecular flexibility index (Phi) is 5.45. The van der Waals surface area contributed by atoms with E-state index in [0.717, 1.165) is 5.56 Å². The molecule has 3 N–H and O–H groups in total. The number of nitrogens with zero attached hydrogens (tertiary/aromatic N) is 1. The largest absolute Gasteiger partial charge is 0.365 e. The molecule has 0 spiro atoms. The van der Waals surface area contributed by atoms with Gasteiger partial charge < -0.3 is 5.73 Å². The van der Waals surface area contributed by atoms with E-state index >= 15 is 0 Å². The summed E-state index contributed by atoms with van der Waals surface area (Å²) in [4.78, 5) is 38.4. The van der Waals surface area contributed by atoms with E-state index in [9.17, 15) is 22.8 Å². The van der Waals surface area contributed by atoms with Gasteiger partial charge in [0.05, 0.1) is 4.90 Å². The molecule has 1 amide bonds. The molecule has 2 aromatic carbocycles. The minimum absolute atomic E-state index is 0.0307. The Morgan fingerprint density at radius 1 is 0.938 bits per heavy atom. The van der Waals surface area contributed by atoms with Crippen LogP contribution in [0.15, 0.2) is 78.0 Å². The molecule has 2 atom stereocenters. The number of primary amides is 1. The summed E-state index contributed by atoms with van der Waals surface area (Å²) >= 11 is 0. The van der Waals surface area contributed by atoms with Gasteiger partial charge in [0.1, 0.15) is 5.56 Å². The molecule has 1 aromatic heterocycles. The van der Waals surface area contributed by atoms with Crippen molar-refractivity contribution in [2.75, 3.05) is 0 Å². The molecule has 1 aliphatic rings. The first-order valence-electron chi connectivity index (χ1n) is 9.76. The number of carbonyl (C=O) groups is 3. The molecule has 1 aliphatic carbocycles. The van der Waals surface area contributed by atoms with Crippen molar-refractivity contribution in [1.82, 2.24) is 4.72 Å². The molecular formula is C23H20N3O5S+. The Labute approximate surface area is 184 Å². The number of hydrogen-bond acceptors (Lipinski definition) is 5. The summed E-state index contributed by atoms with van der Waals surface area (Å²) in [5.41, 5.74) is 6.67. The first kappa shape index (κ1) is 21.5. The second-order valence-corrected chi connectivity index (χ2v) is 9.25. The van der Waals surface area contributed by atoms with Crippen molar-refractivity contribution in [1.29, 1.82) is 0 Å². The van der Waals surface area contributed by atoms with Crippen molar-refractivity contribution in [2.24, 2.45) is 5.73 Å². The zero-order chi connectivity index (χ0) is 23.0. The zero-order valence-electron chi connectivity index (χ0n) is 17.1. The minimum Gasteiger partial charge on any atom is -0.365 e. The Bertz CT molecular complexity index is 1350. The fourth-order valence-electron chi connectivity index (χ4n) is 3.72. The third-order valence-corrected chi connectivity index (χ3v) is 6.82. The van der Waals surface area contributed by atoms with Crippen molar-refractivity contribution in [3.05, 3.63) is 95.3 Å². The number of nitrogens with two attached hydrogens (primary N) is 1. The highest BCUT2D eigenvalue weighted by Gasteiger charge is 2.49. The number of aryl methyl sites for hydroxylation is 1. The van der Waals surface area contributed by atoms with Gasteiger partial charge in [0, 0.05) is 17.2 Å². The summed E-state index contributed by atoms with van der Waals surface area (Å²) in [5, 5.41) is 0. The first-order chi connectivity index (χ1) is 15.2. The Balaban J connectivity index is 1.84. The van der Waals surface area contributed by atoms with E-state index in [2.05, 4.69) is 4.72 Å². The monoisotopic (exact) mass is 450 g/mol. The number of nitrogens with one attached hydrogen (secondary N) is 1. The van der Waals surface area contributed by atoms with Crippen LogP contribution in [0.1, 0.15) is 42.7 Å². The average molecular weight is 450 g/mol. The highest BCUT2D eigenvalue weighted by atomic mass is 32.2. The number of benzene rings is 2. The normalized spacial score (nSPS) is 18.3. The molecular weight excluding hydrogens is 430 g/mol. The number of amides is 1. The summed E-state index contributed by atoms with van der Waals surface area (Å²) in [6.07, 6.45) is 2.82. The summed E-state index contributed by atoms with van der Waals surface area (Å²) < 4.78 is 29.9. The maximum Gasteiger partial charge on any atom is 0.254 e. The lowest BCUT2D eigenvalue weighted by atomic mass is 9.82. The van der Waals surface area contributed by atoms with Crippen LogP contribution in [0.5, 0.6) is 0 Å². The van der Waals surface area contributed by atoms with Gasteiger partial charge in [0.25, 0.3) is 5.91 Å². The molecule has 9 heteroatoms. The van der Waals surface area contributed by atoms with E-state index in [1.165, 1.54) is 53.4 Å². The topological polar surface area (TPSA) is 127 Å². The standard InChI is InChI=1S/C23H19N3O5S/c1-14-8-10-16(11-9-14)32(30,31)25-19-20(26-12-4-5-15(13-26)23(24)29)22(28)18-7-3-2-6-17(18)21(19)27/h2-13,19-20,25H,1H3,(H-,24,29)/p+1. The highest BCUT2D eigenvalue weighted by Crippen LogP contribution is 2.27. The molecule has 1 heterocycles. The summed E-state index contributed by atoms with van der Waals surface area (Å²) in [6.45, 7) is 1.82. The fraction of sp³-hybridized carbons (Fsp3) is 0.130. The van der Waals surface area contributed by atoms with Gasteiger partial charge in [-0.15, -0.1) is 0 Å². The van der Waals surface area contributed by atoms with Crippen LogP contribution in [-0.2, 0) is 10.0 Å². The van der Waals surface area contributed by atoms with E-state index in [4.69, 9.17) is 5.73 Å². The number of fused-ring (bicyclic) bond motifs is 1. The zero-order valence-corrected chi connectivity index (χ0v) is 17.9. The Morgan fingerprint density at radius 2 is 1.56 bits per heavy atom. The molecule has 8 nitrogen and oxygen atoms in total. The third kappa shape index (κ3) is 3.83. The Morgan fingerprint density at radius 3 is 2.19 bits per heavy atom. The number of hydrogen-bond donors (Lipinski definition) is 2. The molecule has 0 saturated heterocycles. The van der Waals surface area contributed by atoms with Gasteiger partial charge in [0.2, 0.25) is 21.8 Å². The van der Waals surface area contributed by atoms with Crippen molar-refractivity contribution < 1.29 is 27.4 Å². The summed E-state index contributed by atoms with van der Waals surface area (Å²) in [6, 6.07) is 12.7. The lowest BCUT2D eigenvalue weighted by Gasteiger charge is -2.27. The number of pyridine rings is 1. The number of aromatic nitrogens is 1. The molecule has 0 saturated carbocycles. The van der Waals surface area contributed by atoms with Crippen molar-refractivity contribution in [3.63, 3.8) is 0 Å². The van der Waals surface area contributed by atoms with Gasteiger partial charge in [0.15, 0.2) is 24.2 Å². The lowest BCUT2D eigenvalue weighted by Crippen LogP contribution is -2.61. The van der Waals surface area contributed by atoms with Crippen LogP contribution in [0.25, 0.3) is 0 Å². The van der Waals surface area contributed by atoms with Crippen molar-refractivity contribution >= 4 is 27.5 Å². The minimum atomic E-state index is -4.13. The summed E-state index contributed by atoms with van der Waals surface area (Å²) in [7, 11) is -4.13. The average Bonchev–Trinajstić information content (AvgIpc) is 2.77. The lowest BCUT2D eigenvalue weighted by molar-refractivity contribution is -0.708. The van der Waals surface area contributed by atoms with E-state index in [1.807, 2.05) is 6.92 Å². The fourth-order valence-corrected chi connectivity index (χ4v) is 4.92. The van der Waals surface area contributed by atoms with Gasteiger partial charge >= 0.3 is 0 Å². The van der Waals surface area contributed by atoms with Crippen LogP contribution < -0.4 is 15.0 Å². The van der Waals surface area contributed by atoms with Crippen molar-refractivity contribution in [3.8, 4) is 0 Å². The van der Waals surface area contributed by atoms with Gasteiger partial charge in [-0.2, -0.15) is 9.29 Å². The first-order valence-corrected chi connectivity index (χ1v) is 11.2. The van der Waals surface area contributed by atoms with Gasteiger partial charge in [-0.25, -0.2) is 8.42 Å². The maximum absolute atomic E-state index is 13.4. The molecule has 4 rings (SSSR count). The smallest absolute Gasteiger partial charge is 0.254 e. The van der Waals surface area contributed by atoms with Crippen LogP contribution >= 0.6 is 0 Å². The van der Waals surface area contributed by atoms with E-state index in [-0.39, 0.29) is 21.6 Å². The molecule has 3 aromatic rings. The second kappa shape index (κ2) is 8.10. The molecule has 2 unspecified atom stereocenters. The van der Waals surface area contributed by atoms with Crippen LogP contribution in [0.3, 0.4) is 0 Å². The number of ketones is 2. The molecule has 32 heavy (non-hydrogen) atoms. The van der Waals surface area contributed by atoms with Gasteiger partial charge in [-0.1, -0.05) is 42.0 Å². The summed E-state index contributed by atoms with van der Waals surface area (Å²) in [5.74, 6) is -1.72. The second-order valence-electron chi connectivity index (χ2n) is 7.54. The van der Waals surface area contributed by atoms with Crippen LogP contribution in [0.4, 0.5) is 0 Å². The van der Waals surface area contributed by atoms with E-state index in [0.29, 0.717) is 0 Å². The number of rotatable bonds is 5. The van der Waals surface area contributed by atoms with Gasteiger partial charge in [-0.3, -0.25) is 14.4 Å².